The molecule has 0 aromatic rings. The highest BCUT2D eigenvalue weighted by Crippen LogP contribution is 2.20. The summed E-state index contributed by atoms with van der Waals surface area (Å²) >= 11 is 0. The Balaban J connectivity index is 2.34. The van der Waals surface area contributed by atoms with Gasteiger partial charge in [-0.1, -0.05) is 13.3 Å². The van der Waals surface area contributed by atoms with Gasteiger partial charge in [0.25, 0.3) is 0 Å². The predicted octanol–water partition coefficient (Wildman–Crippen LogP) is 0.581. The van der Waals surface area contributed by atoms with Crippen LogP contribution in [-0.2, 0) is 0 Å². The monoisotopic (exact) mass is 142 g/mol. The molecule has 1 aliphatic rings. The van der Waals surface area contributed by atoms with Crippen molar-refractivity contribution in [3.05, 3.63) is 0 Å². The van der Waals surface area contributed by atoms with Crippen molar-refractivity contribution in [1.29, 1.82) is 0 Å². The second-order valence-electron chi connectivity index (χ2n) is 3.16. The lowest BCUT2D eigenvalue weighted by atomic mass is 9.85. The molecule has 10 heavy (non-hydrogen) atoms. The zero-order valence-electron chi connectivity index (χ0n) is 6.77. The van der Waals surface area contributed by atoms with Gasteiger partial charge in [-0.2, -0.15) is 0 Å². The van der Waals surface area contributed by atoms with Crippen molar-refractivity contribution in [3.8, 4) is 0 Å². The van der Waals surface area contributed by atoms with E-state index in [-0.39, 0.29) is 0 Å². The van der Waals surface area contributed by atoms with Crippen LogP contribution in [0.5, 0.6) is 0 Å². The standard InChI is InChI=1S/C8H18N2/c1-2-7-3-4-10-6-8(7)5-9/h7-8,10H,2-6,9H2,1H3. The van der Waals surface area contributed by atoms with Crippen LogP contribution in [0.2, 0.25) is 0 Å². The summed E-state index contributed by atoms with van der Waals surface area (Å²) in [5.74, 6) is 1.62. The first kappa shape index (κ1) is 8.02. The van der Waals surface area contributed by atoms with E-state index in [2.05, 4.69) is 12.2 Å². The Labute approximate surface area is 63.2 Å². The Bertz CT molecular complexity index is 81.3. The van der Waals surface area contributed by atoms with Crippen molar-refractivity contribution in [3.63, 3.8) is 0 Å². The summed E-state index contributed by atoms with van der Waals surface area (Å²) in [5.41, 5.74) is 5.63. The molecule has 0 radical (unpaired) electrons. The van der Waals surface area contributed by atoms with Crippen LogP contribution in [-0.4, -0.2) is 19.6 Å². The van der Waals surface area contributed by atoms with Gasteiger partial charge in [0.05, 0.1) is 0 Å². The van der Waals surface area contributed by atoms with E-state index in [1.54, 1.807) is 0 Å². The molecule has 0 aliphatic carbocycles. The SMILES string of the molecule is CCC1CCNCC1CN. The Morgan fingerprint density at radius 1 is 1.50 bits per heavy atom. The highest BCUT2D eigenvalue weighted by molar-refractivity contribution is 4.77. The largest absolute Gasteiger partial charge is 0.330 e. The summed E-state index contributed by atoms with van der Waals surface area (Å²) in [5, 5.41) is 3.37. The molecule has 0 aromatic carbocycles. The van der Waals surface area contributed by atoms with Crippen molar-refractivity contribution in [2.75, 3.05) is 19.6 Å². The number of piperidine rings is 1. The van der Waals surface area contributed by atoms with Gasteiger partial charge in [-0.15, -0.1) is 0 Å². The topological polar surface area (TPSA) is 38.0 Å². The molecule has 0 bridgehead atoms. The van der Waals surface area contributed by atoms with Crippen LogP contribution in [0.1, 0.15) is 19.8 Å². The highest BCUT2D eigenvalue weighted by Gasteiger charge is 2.21. The van der Waals surface area contributed by atoms with E-state index in [0.29, 0.717) is 0 Å². The van der Waals surface area contributed by atoms with Gasteiger partial charge in [-0.25, -0.2) is 0 Å². The maximum Gasteiger partial charge on any atom is -0.000579 e. The van der Waals surface area contributed by atoms with Crippen LogP contribution in [0.3, 0.4) is 0 Å². The molecule has 0 saturated carbocycles. The van der Waals surface area contributed by atoms with Crippen molar-refractivity contribution in [1.82, 2.24) is 5.32 Å². The Morgan fingerprint density at radius 3 is 2.80 bits per heavy atom. The fourth-order valence-electron chi connectivity index (χ4n) is 1.79. The maximum atomic E-state index is 5.63. The maximum absolute atomic E-state index is 5.63. The molecule has 0 aromatic heterocycles. The van der Waals surface area contributed by atoms with Crippen molar-refractivity contribution < 1.29 is 0 Å². The smallest absolute Gasteiger partial charge is 0.000579 e. The van der Waals surface area contributed by atoms with Crippen LogP contribution >= 0.6 is 0 Å². The fourth-order valence-corrected chi connectivity index (χ4v) is 1.79. The average molecular weight is 142 g/mol. The molecule has 1 saturated heterocycles. The molecule has 1 rings (SSSR count). The first-order valence-corrected chi connectivity index (χ1v) is 4.29. The van der Waals surface area contributed by atoms with Gasteiger partial charge < -0.3 is 11.1 Å². The lowest BCUT2D eigenvalue weighted by Crippen LogP contribution is -2.40. The molecule has 2 atom stereocenters. The predicted molar refractivity (Wildman–Crippen MR) is 43.8 cm³/mol. The van der Waals surface area contributed by atoms with Crippen molar-refractivity contribution >= 4 is 0 Å². The quantitative estimate of drug-likeness (QED) is 0.592. The number of nitrogens with one attached hydrogen (secondary N) is 1. The van der Waals surface area contributed by atoms with Crippen molar-refractivity contribution in [2.45, 2.75) is 19.8 Å². The zero-order chi connectivity index (χ0) is 7.40. The van der Waals surface area contributed by atoms with Crippen LogP contribution < -0.4 is 11.1 Å². The van der Waals surface area contributed by atoms with Gasteiger partial charge in [-0.3, -0.25) is 0 Å². The highest BCUT2D eigenvalue weighted by atomic mass is 14.9. The third-order valence-corrected chi connectivity index (χ3v) is 2.59. The molecule has 0 amide bonds. The van der Waals surface area contributed by atoms with Gasteiger partial charge in [0.1, 0.15) is 0 Å². The Kier molecular flexibility index (Phi) is 3.16. The first-order chi connectivity index (χ1) is 4.88. The van der Waals surface area contributed by atoms with E-state index in [1.807, 2.05) is 0 Å². The molecule has 2 unspecified atom stereocenters. The molecule has 1 fully saturated rings. The molecule has 1 heterocycles. The van der Waals surface area contributed by atoms with E-state index < -0.39 is 0 Å². The minimum absolute atomic E-state index is 0.735. The van der Waals surface area contributed by atoms with Crippen molar-refractivity contribution in [2.24, 2.45) is 17.6 Å². The number of rotatable bonds is 2. The summed E-state index contributed by atoms with van der Waals surface area (Å²) in [4.78, 5) is 0. The van der Waals surface area contributed by atoms with Gasteiger partial charge in [0.15, 0.2) is 0 Å². The summed E-state index contributed by atoms with van der Waals surface area (Å²) in [6, 6.07) is 0. The van der Waals surface area contributed by atoms with Gasteiger partial charge in [0.2, 0.25) is 0 Å². The van der Waals surface area contributed by atoms with E-state index in [0.717, 1.165) is 24.9 Å². The number of hydrogen-bond acceptors (Lipinski definition) is 2. The first-order valence-electron chi connectivity index (χ1n) is 4.29. The van der Waals surface area contributed by atoms with Crippen LogP contribution in [0.4, 0.5) is 0 Å². The third kappa shape index (κ3) is 1.70. The minimum atomic E-state index is 0.735. The average Bonchev–Trinajstić information content (AvgIpc) is 2.04. The zero-order valence-corrected chi connectivity index (χ0v) is 6.77. The van der Waals surface area contributed by atoms with E-state index in [1.165, 1.54) is 19.4 Å². The lowest BCUT2D eigenvalue weighted by molar-refractivity contribution is 0.254. The molecule has 1 aliphatic heterocycles. The second kappa shape index (κ2) is 3.94. The van der Waals surface area contributed by atoms with Gasteiger partial charge in [-0.05, 0) is 37.9 Å². The molecular formula is C8H18N2. The molecular weight excluding hydrogens is 124 g/mol. The molecule has 60 valence electrons. The fraction of sp³-hybridized carbons (Fsp3) is 1.00. The second-order valence-corrected chi connectivity index (χ2v) is 3.16. The minimum Gasteiger partial charge on any atom is -0.330 e. The number of nitrogens with two attached hydrogens (primary N) is 1. The van der Waals surface area contributed by atoms with E-state index >= 15 is 0 Å². The number of hydrogen-bond donors (Lipinski definition) is 2. The van der Waals surface area contributed by atoms with E-state index in [4.69, 9.17) is 5.73 Å². The summed E-state index contributed by atoms with van der Waals surface area (Å²) in [6.07, 6.45) is 2.61. The Morgan fingerprint density at radius 2 is 2.30 bits per heavy atom. The van der Waals surface area contributed by atoms with Gasteiger partial charge in [0, 0.05) is 0 Å². The molecule has 2 nitrogen and oxygen atoms in total. The lowest BCUT2D eigenvalue weighted by Gasteiger charge is -2.30. The Hall–Kier alpha value is -0.0800. The molecule has 3 N–H and O–H groups in total. The van der Waals surface area contributed by atoms with Crippen LogP contribution in [0, 0.1) is 11.8 Å². The normalized spacial score (nSPS) is 34.2. The summed E-state index contributed by atoms with van der Waals surface area (Å²) < 4.78 is 0. The summed E-state index contributed by atoms with van der Waals surface area (Å²) in [7, 11) is 0. The molecule has 2 heteroatoms. The van der Waals surface area contributed by atoms with Crippen LogP contribution in [0.25, 0.3) is 0 Å². The van der Waals surface area contributed by atoms with Crippen LogP contribution in [0.15, 0.2) is 0 Å². The van der Waals surface area contributed by atoms with Gasteiger partial charge >= 0.3 is 0 Å². The molecule has 0 spiro atoms. The summed E-state index contributed by atoms with van der Waals surface area (Å²) in [6.45, 7) is 5.44. The third-order valence-electron chi connectivity index (χ3n) is 2.59. The van der Waals surface area contributed by atoms with E-state index in [9.17, 15) is 0 Å².